The van der Waals surface area contributed by atoms with Crippen molar-refractivity contribution in [1.82, 2.24) is 4.90 Å². The number of likely N-dealkylation sites (tertiary alicyclic amines) is 1. The quantitative estimate of drug-likeness (QED) is 0.868. The highest BCUT2D eigenvalue weighted by Gasteiger charge is 2.17. The maximum atomic E-state index is 13.6. The summed E-state index contributed by atoms with van der Waals surface area (Å²) in [7, 11) is 0. The molecule has 1 heterocycles. The molecule has 0 aromatic heterocycles. The van der Waals surface area contributed by atoms with Gasteiger partial charge in [-0.05, 0) is 37.5 Å². The van der Waals surface area contributed by atoms with Crippen LogP contribution < -0.4 is 0 Å². The Morgan fingerprint density at radius 3 is 2.60 bits per heavy atom. The lowest BCUT2D eigenvalue weighted by atomic mass is 10.1. The van der Waals surface area contributed by atoms with Gasteiger partial charge in [-0.15, -0.1) is 11.8 Å². The molecule has 1 fully saturated rings. The number of thioether (sulfide) groups is 1. The minimum absolute atomic E-state index is 0.0187. The van der Waals surface area contributed by atoms with Crippen molar-refractivity contribution in [2.24, 2.45) is 0 Å². The highest BCUT2D eigenvalue weighted by molar-refractivity contribution is 8.00. The van der Waals surface area contributed by atoms with Crippen molar-refractivity contribution in [3.8, 4) is 0 Å². The minimum Gasteiger partial charge on any atom is -0.478 e. The third kappa shape index (κ3) is 3.72. The molecular weight excluding hydrogens is 281 g/mol. The third-order valence-electron chi connectivity index (χ3n) is 3.24. The zero-order valence-electron chi connectivity index (χ0n) is 11.0. The van der Waals surface area contributed by atoms with E-state index in [2.05, 4.69) is 0 Å². The van der Waals surface area contributed by atoms with Gasteiger partial charge in [0, 0.05) is 18.0 Å². The number of amides is 1. The fourth-order valence-electron chi connectivity index (χ4n) is 2.12. The van der Waals surface area contributed by atoms with E-state index in [4.69, 9.17) is 5.11 Å². The number of nitrogens with zero attached hydrogens (tertiary/aromatic N) is 1. The molecule has 0 bridgehead atoms. The van der Waals surface area contributed by atoms with Crippen LogP contribution in [-0.2, 0) is 4.79 Å². The number of carboxylic acid groups (broad SMARTS) is 1. The molecule has 6 heteroatoms. The summed E-state index contributed by atoms with van der Waals surface area (Å²) in [4.78, 5) is 24.8. The van der Waals surface area contributed by atoms with Crippen LogP contribution in [0.1, 0.15) is 29.6 Å². The van der Waals surface area contributed by atoms with Crippen molar-refractivity contribution in [2.45, 2.75) is 24.2 Å². The Balaban J connectivity index is 1.97. The molecule has 1 aliphatic heterocycles. The summed E-state index contributed by atoms with van der Waals surface area (Å²) in [6, 6.07) is 3.61. The summed E-state index contributed by atoms with van der Waals surface area (Å²) in [5.41, 5.74) is 0.0271. The second-order valence-corrected chi connectivity index (χ2v) is 5.70. The molecule has 1 saturated heterocycles. The summed E-state index contributed by atoms with van der Waals surface area (Å²) in [6.45, 7) is 1.52. The summed E-state index contributed by atoms with van der Waals surface area (Å²) in [5, 5.41) is 8.87. The van der Waals surface area contributed by atoms with Crippen LogP contribution in [0.3, 0.4) is 0 Å². The van der Waals surface area contributed by atoms with Crippen molar-refractivity contribution in [3.05, 3.63) is 29.6 Å². The van der Waals surface area contributed by atoms with Crippen LogP contribution in [0.5, 0.6) is 0 Å². The summed E-state index contributed by atoms with van der Waals surface area (Å²) < 4.78 is 13.6. The number of halogens is 1. The first-order valence-corrected chi connectivity index (χ1v) is 7.50. The predicted octanol–water partition coefficient (Wildman–Crippen LogP) is 2.63. The van der Waals surface area contributed by atoms with Crippen molar-refractivity contribution in [2.75, 3.05) is 18.8 Å². The first-order chi connectivity index (χ1) is 9.58. The fraction of sp³-hybridized carbons (Fsp3) is 0.429. The van der Waals surface area contributed by atoms with E-state index in [1.54, 1.807) is 4.90 Å². The highest BCUT2D eigenvalue weighted by atomic mass is 32.2. The molecule has 1 aromatic carbocycles. The van der Waals surface area contributed by atoms with Gasteiger partial charge in [-0.2, -0.15) is 0 Å². The average Bonchev–Trinajstić information content (AvgIpc) is 2.46. The number of carboxylic acids is 1. The van der Waals surface area contributed by atoms with Gasteiger partial charge in [-0.25, -0.2) is 9.18 Å². The molecule has 0 unspecified atom stereocenters. The Hall–Kier alpha value is -1.56. The van der Waals surface area contributed by atoms with E-state index >= 15 is 0 Å². The molecule has 4 nitrogen and oxygen atoms in total. The average molecular weight is 297 g/mol. The molecule has 0 radical (unpaired) electrons. The fourth-order valence-corrected chi connectivity index (χ4v) is 3.00. The topological polar surface area (TPSA) is 57.6 Å². The predicted molar refractivity (Wildman–Crippen MR) is 74.5 cm³/mol. The number of piperidine rings is 1. The van der Waals surface area contributed by atoms with Gasteiger partial charge in [-0.3, -0.25) is 4.79 Å². The van der Waals surface area contributed by atoms with Gasteiger partial charge < -0.3 is 10.0 Å². The van der Waals surface area contributed by atoms with Crippen molar-refractivity contribution in [1.29, 1.82) is 0 Å². The van der Waals surface area contributed by atoms with Gasteiger partial charge >= 0.3 is 5.97 Å². The van der Waals surface area contributed by atoms with Crippen LogP contribution in [0.4, 0.5) is 4.39 Å². The van der Waals surface area contributed by atoms with E-state index in [9.17, 15) is 14.0 Å². The minimum atomic E-state index is -1.10. The second-order valence-electron chi connectivity index (χ2n) is 4.68. The second kappa shape index (κ2) is 6.74. The van der Waals surface area contributed by atoms with Crippen LogP contribution in [0.15, 0.2) is 23.1 Å². The van der Waals surface area contributed by atoms with E-state index in [-0.39, 0.29) is 22.1 Å². The van der Waals surface area contributed by atoms with Crippen molar-refractivity contribution in [3.63, 3.8) is 0 Å². The molecule has 1 amide bonds. The lowest BCUT2D eigenvalue weighted by Crippen LogP contribution is -2.36. The molecule has 108 valence electrons. The zero-order valence-corrected chi connectivity index (χ0v) is 11.8. The summed E-state index contributed by atoms with van der Waals surface area (Å²) in [6.07, 6.45) is 3.17. The summed E-state index contributed by atoms with van der Waals surface area (Å²) in [5.74, 6) is -1.48. The number of carbonyl (C=O) groups is 2. The monoisotopic (exact) mass is 297 g/mol. The smallest absolute Gasteiger partial charge is 0.335 e. The van der Waals surface area contributed by atoms with Crippen LogP contribution in [0.2, 0.25) is 0 Å². The first kappa shape index (κ1) is 14.8. The Bertz CT molecular complexity index is 515. The number of hydrogen-bond acceptors (Lipinski definition) is 3. The number of hydrogen-bond donors (Lipinski definition) is 1. The number of carbonyl (C=O) groups excluding carboxylic acids is 1. The molecule has 20 heavy (non-hydrogen) atoms. The van der Waals surface area contributed by atoms with Gasteiger partial charge in [-0.1, -0.05) is 0 Å². The number of rotatable bonds is 4. The van der Waals surface area contributed by atoms with Gasteiger partial charge in [0.05, 0.1) is 11.3 Å². The van der Waals surface area contributed by atoms with Gasteiger partial charge in [0.25, 0.3) is 0 Å². The molecule has 1 N–H and O–H groups in total. The number of aromatic carboxylic acids is 1. The highest BCUT2D eigenvalue weighted by Crippen LogP contribution is 2.24. The molecule has 0 spiro atoms. The first-order valence-electron chi connectivity index (χ1n) is 6.51. The lowest BCUT2D eigenvalue weighted by Gasteiger charge is -2.26. The normalized spacial score (nSPS) is 15.2. The molecular formula is C14H16FNO3S. The van der Waals surface area contributed by atoms with E-state index in [1.807, 2.05) is 0 Å². The Morgan fingerprint density at radius 1 is 1.25 bits per heavy atom. The standard InChI is InChI=1S/C14H16FNO3S/c15-11-5-4-10(14(18)19)8-12(11)20-9-13(17)16-6-2-1-3-7-16/h4-5,8H,1-3,6-7,9H2,(H,18,19). The van der Waals surface area contributed by atoms with E-state index < -0.39 is 11.8 Å². The third-order valence-corrected chi connectivity index (χ3v) is 4.25. The van der Waals surface area contributed by atoms with Crippen LogP contribution in [0.25, 0.3) is 0 Å². The molecule has 0 saturated carbocycles. The maximum Gasteiger partial charge on any atom is 0.335 e. The van der Waals surface area contributed by atoms with Crippen LogP contribution in [0, 0.1) is 5.82 Å². The van der Waals surface area contributed by atoms with Crippen LogP contribution >= 0.6 is 11.8 Å². The molecule has 2 rings (SSSR count). The van der Waals surface area contributed by atoms with Crippen molar-refractivity contribution >= 4 is 23.6 Å². The largest absolute Gasteiger partial charge is 0.478 e. The summed E-state index contributed by atoms with van der Waals surface area (Å²) >= 11 is 1.05. The molecule has 0 atom stereocenters. The lowest BCUT2D eigenvalue weighted by molar-refractivity contribution is -0.129. The molecule has 1 aliphatic rings. The number of benzene rings is 1. The molecule has 0 aliphatic carbocycles. The molecule has 1 aromatic rings. The Kier molecular flexibility index (Phi) is 5.00. The van der Waals surface area contributed by atoms with Gasteiger partial charge in [0.2, 0.25) is 5.91 Å². The van der Waals surface area contributed by atoms with E-state index in [1.165, 1.54) is 12.1 Å². The Labute approximate surface area is 121 Å². The van der Waals surface area contributed by atoms with E-state index in [0.717, 1.165) is 50.2 Å². The maximum absolute atomic E-state index is 13.6. The Morgan fingerprint density at radius 2 is 1.95 bits per heavy atom. The van der Waals surface area contributed by atoms with Gasteiger partial charge in [0.15, 0.2) is 0 Å². The van der Waals surface area contributed by atoms with Gasteiger partial charge in [0.1, 0.15) is 5.82 Å². The van der Waals surface area contributed by atoms with E-state index in [0.29, 0.717) is 0 Å². The SMILES string of the molecule is O=C(O)c1ccc(F)c(SCC(=O)N2CCCCC2)c1. The van der Waals surface area contributed by atoms with Crippen molar-refractivity contribution < 1.29 is 19.1 Å². The van der Waals surface area contributed by atoms with Crippen LogP contribution in [-0.4, -0.2) is 40.7 Å². The zero-order chi connectivity index (χ0) is 14.5.